The Kier molecular flexibility index (Phi) is 4.05. The number of furan rings is 1. The molecule has 1 aromatic heterocycles. The van der Waals surface area contributed by atoms with Crippen molar-refractivity contribution in [1.82, 2.24) is 5.43 Å². The standard InChI is InChI=1S/C14H15FN2O3/c1-8-5-11(15)3-4-12(8)19-7-10-6-13(14(18)17-16)20-9(10)2/h3-6H,7,16H2,1-2H3,(H,17,18). The Morgan fingerprint density at radius 3 is 2.80 bits per heavy atom. The van der Waals surface area contributed by atoms with Crippen LogP contribution in [0.4, 0.5) is 4.39 Å². The van der Waals surface area contributed by atoms with Crippen LogP contribution in [-0.4, -0.2) is 5.91 Å². The molecular formula is C14H15FN2O3. The van der Waals surface area contributed by atoms with Gasteiger partial charge < -0.3 is 9.15 Å². The summed E-state index contributed by atoms with van der Waals surface area (Å²) in [6.45, 7) is 3.71. The zero-order chi connectivity index (χ0) is 14.7. The van der Waals surface area contributed by atoms with E-state index in [1.807, 2.05) is 5.43 Å². The molecule has 1 aromatic carbocycles. The molecule has 3 N–H and O–H groups in total. The molecule has 0 atom stereocenters. The molecule has 0 aliphatic carbocycles. The Morgan fingerprint density at radius 1 is 1.40 bits per heavy atom. The maximum atomic E-state index is 13.0. The van der Waals surface area contributed by atoms with Gasteiger partial charge in [-0.3, -0.25) is 10.2 Å². The number of nitrogen functional groups attached to an aromatic ring is 1. The molecule has 6 heteroatoms. The van der Waals surface area contributed by atoms with E-state index in [0.29, 0.717) is 17.1 Å². The highest BCUT2D eigenvalue weighted by Gasteiger charge is 2.14. The van der Waals surface area contributed by atoms with E-state index in [2.05, 4.69) is 0 Å². The summed E-state index contributed by atoms with van der Waals surface area (Å²) < 4.78 is 23.8. The molecule has 0 saturated carbocycles. The fourth-order valence-electron chi connectivity index (χ4n) is 1.78. The van der Waals surface area contributed by atoms with Crippen molar-refractivity contribution in [2.75, 3.05) is 0 Å². The van der Waals surface area contributed by atoms with Gasteiger partial charge in [0, 0.05) is 5.56 Å². The highest BCUT2D eigenvalue weighted by molar-refractivity contribution is 5.91. The summed E-state index contributed by atoms with van der Waals surface area (Å²) in [5.41, 5.74) is 3.42. The topological polar surface area (TPSA) is 77.5 Å². The fraction of sp³-hybridized carbons (Fsp3) is 0.214. The van der Waals surface area contributed by atoms with Crippen molar-refractivity contribution < 1.29 is 18.3 Å². The van der Waals surface area contributed by atoms with Gasteiger partial charge >= 0.3 is 5.91 Å². The summed E-state index contributed by atoms with van der Waals surface area (Å²) in [5, 5.41) is 0. The van der Waals surface area contributed by atoms with Gasteiger partial charge in [0.2, 0.25) is 0 Å². The van der Waals surface area contributed by atoms with Crippen LogP contribution in [0.3, 0.4) is 0 Å². The Hall–Kier alpha value is -2.34. The zero-order valence-electron chi connectivity index (χ0n) is 11.2. The average Bonchev–Trinajstić information content (AvgIpc) is 2.78. The second-order valence-corrected chi connectivity index (χ2v) is 4.36. The molecule has 0 radical (unpaired) electrons. The minimum absolute atomic E-state index is 0.124. The first-order valence-corrected chi connectivity index (χ1v) is 6.00. The van der Waals surface area contributed by atoms with Crippen LogP contribution in [0, 0.1) is 19.7 Å². The Morgan fingerprint density at radius 2 is 2.15 bits per heavy atom. The quantitative estimate of drug-likeness (QED) is 0.510. The van der Waals surface area contributed by atoms with Crippen LogP contribution >= 0.6 is 0 Å². The Balaban J connectivity index is 2.11. The zero-order valence-corrected chi connectivity index (χ0v) is 11.2. The van der Waals surface area contributed by atoms with Crippen LogP contribution in [0.1, 0.15) is 27.4 Å². The lowest BCUT2D eigenvalue weighted by Crippen LogP contribution is -2.29. The van der Waals surface area contributed by atoms with Crippen LogP contribution in [-0.2, 0) is 6.61 Å². The van der Waals surface area contributed by atoms with Crippen molar-refractivity contribution >= 4 is 5.91 Å². The second-order valence-electron chi connectivity index (χ2n) is 4.36. The lowest BCUT2D eigenvalue weighted by atomic mass is 10.2. The van der Waals surface area contributed by atoms with Crippen LogP contribution in [0.25, 0.3) is 0 Å². The Bertz CT molecular complexity index is 637. The van der Waals surface area contributed by atoms with Crippen molar-refractivity contribution in [3.05, 3.63) is 52.7 Å². The van der Waals surface area contributed by atoms with E-state index in [1.165, 1.54) is 12.1 Å². The van der Waals surface area contributed by atoms with Crippen molar-refractivity contribution in [2.45, 2.75) is 20.5 Å². The molecule has 1 amide bonds. The van der Waals surface area contributed by atoms with E-state index >= 15 is 0 Å². The predicted octanol–water partition coefficient (Wildman–Crippen LogP) is 2.22. The molecule has 106 valence electrons. The number of ether oxygens (including phenoxy) is 1. The third kappa shape index (κ3) is 2.97. The number of hydrogen-bond donors (Lipinski definition) is 2. The molecule has 0 aliphatic rings. The largest absolute Gasteiger partial charge is 0.488 e. The van der Waals surface area contributed by atoms with Gasteiger partial charge in [-0.2, -0.15) is 0 Å². The molecule has 0 aliphatic heterocycles. The summed E-state index contributed by atoms with van der Waals surface area (Å²) in [5.74, 6) is 5.50. The summed E-state index contributed by atoms with van der Waals surface area (Å²) in [7, 11) is 0. The summed E-state index contributed by atoms with van der Waals surface area (Å²) in [4.78, 5) is 11.3. The smallest absolute Gasteiger partial charge is 0.300 e. The van der Waals surface area contributed by atoms with Gasteiger partial charge in [-0.15, -0.1) is 0 Å². The Labute approximate surface area is 115 Å². The first-order chi connectivity index (χ1) is 9.51. The van der Waals surface area contributed by atoms with Gasteiger partial charge in [0.25, 0.3) is 0 Å². The average molecular weight is 278 g/mol. The van der Waals surface area contributed by atoms with E-state index in [4.69, 9.17) is 15.0 Å². The molecule has 2 aromatic rings. The van der Waals surface area contributed by atoms with E-state index in [-0.39, 0.29) is 18.2 Å². The number of nitrogens with one attached hydrogen (secondary N) is 1. The molecule has 0 spiro atoms. The van der Waals surface area contributed by atoms with Crippen LogP contribution in [0.2, 0.25) is 0 Å². The number of hydrazine groups is 1. The van der Waals surface area contributed by atoms with Gasteiger partial charge in [0.05, 0.1) is 0 Å². The third-order valence-corrected chi connectivity index (χ3v) is 2.90. The SMILES string of the molecule is Cc1cc(F)ccc1OCc1cc(C(=O)NN)oc1C. The number of amides is 1. The van der Waals surface area contributed by atoms with E-state index in [9.17, 15) is 9.18 Å². The lowest BCUT2D eigenvalue weighted by Gasteiger charge is -2.08. The van der Waals surface area contributed by atoms with Crippen LogP contribution in [0.15, 0.2) is 28.7 Å². The number of nitrogens with two attached hydrogens (primary N) is 1. The summed E-state index contributed by atoms with van der Waals surface area (Å²) >= 11 is 0. The number of hydrogen-bond acceptors (Lipinski definition) is 4. The van der Waals surface area contributed by atoms with Gasteiger partial charge in [0.15, 0.2) is 5.76 Å². The number of aryl methyl sites for hydroxylation is 2. The van der Waals surface area contributed by atoms with Crippen molar-refractivity contribution in [2.24, 2.45) is 5.84 Å². The van der Waals surface area contributed by atoms with Crippen molar-refractivity contribution in [1.29, 1.82) is 0 Å². The predicted molar refractivity (Wildman–Crippen MR) is 70.6 cm³/mol. The minimum Gasteiger partial charge on any atom is -0.488 e. The van der Waals surface area contributed by atoms with Crippen LogP contribution in [0.5, 0.6) is 5.75 Å². The first kappa shape index (κ1) is 14.1. The molecule has 20 heavy (non-hydrogen) atoms. The van der Waals surface area contributed by atoms with Gasteiger partial charge in [0.1, 0.15) is 23.9 Å². The van der Waals surface area contributed by atoms with Crippen molar-refractivity contribution in [3.8, 4) is 5.75 Å². The monoisotopic (exact) mass is 278 g/mol. The van der Waals surface area contributed by atoms with Crippen molar-refractivity contribution in [3.63, 3.8) is 0 Å². The molecule has 5 nitrogen and oxygen atoms in total. The summed E-state index contributed by atoms with van der Waals surface area (Å²) in [6.07, 6.45) is 0. The van der Waals surface area contributed by atoms with E-state index in [1.54, 1.807) is 26.0 Å². The summed E-state index contributed by atoms with van der Waals surface area (Å²) in [6, 6.07) is 5.85. The molecule has 0 unspecified atom stereocenters. The maximum Gasteiger partial charge on any atom is 0.300 e. The van der Waals surface area contributed by atoms with Crippen LogP contribution < -0.4 is 16.0 Å². The number of benzene rings is 1. The molecule has 2 rings (SSSR count). The molecule has 0 bridgehead atoms. The van der Waals surface area contributed by atoms with Gasteiger partial charge in [-0.05, 0) is 43.7 Å². The molecule has 0 saturated heterocycles. The van der Waals surface area contributed by atoms with Gasteiger partial charge in [-0.1, -0.05) is 0 Å². The molecule has 1 heterocycles. The normalized spacial score (nSPS) is 10.4. The second kappa shape index (κ2) is 5.75. The highest BCUT2D eigenvalue weighted by atomic mass is 19.1. The number of carbonyl (C=O) groups is 1. The van der Waals surface area contributed by atoms with E-state index < -0.39 is 5.91 Å². The number of halogens is 1. The van der Waals surface area contributed by atoms with E-state index in [0.717, 1.165) is 5.56 Å². The number of carbonyl (C=O) groups excluding carboxylic acids is 1. The minimum atomic E-state index is -0.502. The fourth-order valence-corrected chi connectivity index (χ4v) is 1.78. The maximum absolute atomic E-state index is 13.0. The molecule has 0 fully saturated rings. The molecular weight excluding hydrogens is 263 g/mol. The lowest BCUT2D eigenvalue weighted by molar-refractivity contribution is 0.0924. The first-order valence-electron chi connectivity index (χ1n) is 6.00. The third-order valence-electron chi connectivity index (χ3n) is 2.90. The highest BCUT2D eigenvalue weighted by Crippen LogP contribution is 2.22. The number of rotatable bonds is 4. The van der Waals surface area contributed by atoms with Gasteiger partial charge in [-0.25, -0.2) is 10.2 Å².